The number of hydrogen-bond acceptors (Lipinski definition) is 7. The zero-order chi connectivity index (χ0) is 25.1. The van der Waals surface area contributed by atoms with Crippen LogP contribution in [0.2, 0.25) is 10.0 Å². The lowest BCUT2D eigenvalue weighted by Crippen LogP contribution is -2.69. The van der Waals surface area contributed by atoms with E-state index in [1.165, 1.54) is 6.07 Å². The van der Waals surface area contributed by atoms with Crippen LogP contribution in [0.15, 0.2) is 18.2 Å². The first kappa shape index (κ1) is 26.7. The van der Waals surface area contributed by atoms with Gasteiger partial charge in [-0.05, 0) is 37.1 Å². The minimum Gasteiger partial charge on any atom is -0.466 e. The van der Waals surface area contributed by atoms with Crippen molar-refractivity contribution in [3.8, 4) is 0 Å². The number of nitrogens with one attached hydrogen (secondary N) is 2. The van der Waals surface area contributed by atoms with Crippen LogP contribution in [0, 0.1) is 6.92 Å². The molecule has 7 nitrogen and oxygen atoms in total. The van der Waals surface area contributed by atoms with Gasteiger partial charge in [-0.15, -0.1) is 11.3 Å². The molecule has 13 heteroatoms. The molecular formula is C20H19Cl2F3N2O5S. The van der Waals surface area contributed by atoms with Crippen LogP contribution < -0.4 is 10.6 Å². The number of esters is 2. The number of amides is 1. The quantitative estimate of drug-likeness (QED) is 0.390. The van der Waals surface area contributed by atoms with Crippen molar-refractivity contribution < 1.29 is 37.0 Å². The van der Waals surface area contributed by atoms with E-state index >= 15 is 0 Å². The number of carbonyl (C=O) groups excluding carboxylic acids is 3. The number of benzene rings is 1. The number of ether oxygens (including phenoxy) is 2. The number of rotatable bonds is 7. The summed E-state index contributed by atoms with van der Waals surface area (Å²) in [7, 11) is 1.80. The van der Waals surface area contributed by atoms with Gasteiger partial charge in [0.15, 0.2) is 0 Å². The summed E-state index contributed by atoms with van der Waals surface area (Å²) in [6.45, 7) is 3.30. The third-order valence-electron chi connectivity index (χ3n) is 4.65. The van der Waals surface area contributed by atoms with Crippen LogP contribution >= 0.6 is 34.5 Å². The summed E-state index contributed by atoms with van der Waals surface area (Å²) in [5, 5.41) is 3.24. The van der Waals surface area contributed by atoms with Crippen LogP contribution in [0.3, 0.4) is 0 Å². The van der Waals surface area contributed by atoms with E-state index in [-0.39, 0.29) is 26.2 Å². The number of methoxy groups -OCH3 is 2. The topological polar surface area (TPSA) is 93.7 Å². The van der Waals surface area contributed by atoms with Gasteiger partial charge in [0.1, 0.15) is 5.00 Å². The van der Waals surface area contributed by atoms with E-state index in [9.17, 15) is 27.6 Å². The molecule has 1 amide bonds. The summed E-state index contributed by atoms with van der Waals surface area (Å²) in [5.41, 5.74) is -3.88. The summed E-state index contributed by atoms with van der Waals surface area (Å²) < 4.78 is 52.3. The van der Waals surface area contributed by atoms with Gasteiger partial charge in [-0.25, -0.2) is 9.59 Å². The van der Waals surface area contributed by atoms with Gasteiger partial charge in [0.05, 0.1) is 30.4 Å². The molecule has 180 valence electrons. The Kier molecular flexibility index (Phi) is 8.26. The number of hydrogen-bond donors (Lipinski definition) is 2. The number of halogens is 5. The van der Waals surface area contributed by atoms with Crippen LogP contribution in [0.4, 0.5) is 18.2 Å². The molecule has 1 aromatic heterocycles. The maximum atomic E-state index is 14.4. The van der Waals surface area contributed by atoms with Crippen molar-refractivity contribution in [2.24, 2.45) is 0 Å². The Morgan fingerprint density at radius 3 is 2.24 bits per heavy atom. The fraction of sp³-hybridized carbons (Fsp3) is 0.350. The van der Waals surface area contributed by atoms with Gasteiger partial charge < -0.3 is 20.1 Å². The lowest BCUT2D eigenvalue weighted by Gasteiger charge is -2.34. The molecule has 0 saturated heterocycles. The van der Waals surface area contributed by atoms with Crippen molar-refractivity contribution in [2.45, 2.75) is 32.1 Å². The third-order valence-corrected chi connectivity index (χ3v) is 6.26. The van der Waals surface area contributed by atoms with Gasteiger partial charge in [-0.2, -0.15) is 13.2 Å². The summed E-state index contributed by atoms with van der Waals surface area (Å²) in [6.07, 6.45) is -5.11. The molecule has 1 aromatic carbocycles. The van der Waals surface area contributed by atoms with E-state index in [4.69, 9.17) is 27.9 Å². The molecule has 0 aliphatic heterocycles. The highest BCUT2D eigenvalue weighted by atomic mass is 35.5. The highest BCUT2D eigenvalue weighted by Crippen LogP contribution is 2.40. The Hall–Kier alpha value is -2.50. The highest BCUT2D eigenvalue weighted by Gasteiger charge is 2.64. The molecular weight excluding hydrogens is 508 g/mol. The second kappa shape index (κ2) is 10.2. The Morgan fingerprint density at radius 2 is 1.76 bits per heavy atom. The first-order chi connectivity index (χ1) is 15.3. The van der Waals surface area contributed by atoms with Gasteiger partial charge in [0.2, 0.25) is 0 Å². The van der Waals surface area contributed by atoms with Gasteiger partial charge in [0.25, 0.3) is 5.91 Å². The summed E-state index contributed by atoms with van der Waals surface area (Å²) >= 11 is 12.5. The molecule has 0 aliphatic rings. The smallest absolute Gasteiger partial charge is 0.441 e. The first-order valence-corrected chi connectivity index (χ1v) is 10.8. The lowest BCUT2D eigenvalue weighted by atomic mass is 10.1. The molecule has 1 heterocycles. The molecule has 0 saturated carbocycles. The van der Waals surface area contributed by atoms with Crippen LogP contribution in [0.1, 0.15) is 38.1 Å². The molecule has 0 spiro atoms. The summed E-state index contributed by atoms with van der Waals surface area (Å²) in [6, 6.07) is 3.50. The average Bonchev–Trinajstić information content (AvgIpc) is 3.05. The van der Waals surface area contributed by atoms with E-state index in [1.54, 1.807) is 19.2 Å². The van der Waals surface area contributed by atoms with E-state index in [2.05, 4.69) is 4.74 Å². The maximum absolute atomic E-state index is 14.4. The third kappa shape index (κ3) is 5.20. The van der Waals surface area contributed by atoms with E-state index in [0.29, 0.717) is 16.9 Å². The minimum absolute atomic E-state index is 0.147. The molecule has 0 unspecified atom stereocenters. The van der Waals surface area contributed by atoms with Crippen molar-refractivity contribution >= 4 is 57.4 Å². The fourth-order valence-electron chi connectivity index (χ4n) is 3.04. The highest BCUT2D eigenvalue weighted by molar-refractivity contribution is 7.16. The summed E-state index contributed by atoms with van der Waals surface area (Å²) in [5.74, 6) is -4.12. The first-order valence-electron chi connectivity index (χ1n) is 9.24. The molecule has 1 atom stereocenters. The second-order valence-electron chi connectivity index (χ2n) is 6.63. The Bertz CT molecular complexity index is 1090. The molecule has 2 aromatic rings. The van der Waals surface area contributed by atoms with Crippen molar-refractivity contribution in [3.05, 3.63) is 49.8 Å². The van der Waals surface area contributed by atoms with Crippen molar-refractivity contribution in [1.29, 1.82) is 0 Å². The lowest BCUT2D eigenvalue weighted by molar-refractivity contribution is -0.203. The number of thiophene rings is 1. The van der Waals surface area contributed by atoms with Crippen LogP contribution in [0.5, 0.6) is 0 Å². The van der Waals surface area contributed by atoms with Crippen LogP contribution in [-0.2, 0) is 20.7 Å². The Morgan fingerprint density at radius 1 is 1.12 bits per heavy atom. The molecule has 2 rings (SSSR count). The van der Waals surface area contributed by atoms with Crippen molar-refractivity contribution in [3.63, 3.8) is 0 Å². The second-order valence-corrected chi connectivity index (χ2v) is 8.70. The Labute approximate surface area is 201 Å². The number of carbonyl (C=O) groups is 3. The van der Waals surface area contributed by atoms with E-state index in [1.807, 2.05) is 5.32 Å². The van der Waals surface area contributed by atoms with E-state index < -0.39 is 29.7 Å². The average molecular weight is 527 g/mol. The molecule has 33 heavy (non-hydrogen) atoms. The van der Waals surface area contributed by atoms with Crippen molar-refractivity contribution in [2.75, 3.05) is 19.5 Å². The number of aryl methyl sites for hydroxylation is 1. The normalized spacial score (nSPS) is 13.1. The summed E-state index contributed by atoms with van der Waals surface area (Å²) in [4.78, 5) is 38.2. The van der Waals surface area contributed by atoms with Gasteiger partial charge in [-0.3, -0.25) is 4.79 Å². The van der Waals surface area contributed by atoms with Crippen molar-refractivity contribution in [1.82, 2.24) is 5.32 Å². The van der Waals surface area contributed by atoms with Crippen LogP contribution in [-0.4, -0.2) is 43.9 Å². The van der Waals surface area contributed by atoms with Gasteiger partial charge in [-0.1, -0.05) is 30.1 Å². The van der Waals surface area contributed by atoms with Crippen LogP contribution in [0.25, 0.3) is 0 Å². The zero-order valence-corrected chi connectivity index (χ0v) is 20.1. The fourth-order valence-corrected chi connectivity index (χ4v) is 4.72. The number of anilines is 1. The molecule has 0 radical (unpaired) electrons. The number of alkyl halides is 3. The minimum atomic E-state index is -5.41. The zero-order valence-electron chi connectivity index (χ0n) is 17.8. The molecule has 0 aliphatic carbocycles. The predicted octanol–water partition coefficient (Wildman–Crippen LogP) is 4.99. The van der Waals surface area contributed by atoms with E-state index in [0.717, 1.165) is 37.7 Å². The SMILES string of the molecule is CCc1c(C)sc(N[C@@](NC(=O)c2ccc(Cl)cc2Cl)(C(=O)OC)C(F)(F)F)c1C(=O)OC. The largest absolute Gasteiger partial charge is 0.466 e. The monoisotopic (exact) mass is 526 g/mol. The molecule has 2 N–H and O–H groups in total. The molecule has 0 fully saturated rings. The predicted molar refractivity (Wildman–Crippen MR) is 118 cm³/mol. The standard InChI is InChI=1S/C20H19Cl2F3N2O5S/c1-5-11-9(2)33-16(14(11)17(29)31-3)27-19(18(30)32-4,20(23,24)25)26-15(28)12-7-6-10(21)8-13(12)22/h6-8,27H,5H2,1-4H3,(H,26,28)/t19-/m0/s1. The van der Waals surface area contributed by atoms with Gasteiger partial charge in [0, 0.05) is 9.90 Å². The Balaban J connectivity index is 2.69. The maximum Gasteiger partial charge on any atom is 0.441 e. The van der Waals surface area contributed by atoms with Gasteiger partial charge >= 0.3 is 23.8 Å². The molecule has 0 bridgehead atoms.